The predicted molar refractivity (Wildman–Crippen MR) is 95.8 cm³/mol. The number of ether oxygens (including phenoxy) is 1. The molecule has 0 radical (unpaired) electrons. The highest BCUT2D eigenvalue weighted by Crippen LogP contribution is 2.33. The number of halogens is 1. The molecule has 0 bridgehead atoms. The maximum absolute atomic E-state index is 11.6. The number of hydrogen-bond donors (Lipinski definition) is 0. The number of anilines is 1. The van der Waals surface area contributed by atoms with E-state index in [4.69, 9.17) is 4.74 Å². The molecule has 0 saturated carbocycles. The van der Waals surface area contributed by atoms with Crippen molar-refractivity contribution in [3.05, 3.63) is 58.6 Å². The number of hydrogen-bond acceptors (Lipinski definition) is 4. The van der Waals surface area contributed by atoms with Crippen molar-refractivity contribution in [2.75, 3.05) is 29.5 Å². The van der Waals surface area contributed by atoms with E-state index in [1.54, 1.807) is 0 Å². The lowest BCUT2D eigenvalue weighted by Crippen LogP contribution is -2.40. The number of benzene rings is 2. The van der Waals surface area contributed by atoms with Gasteiger partial charge in [0.15, 0.2) is 9.84 Å². The van der Waals surface area contributed by atoms with Crippen molar-refractivity contribution >= 4 is 31.5 Å². The molecule has 4 nitrogen and oxygen atoms in total. The molecule has 2 aromatic rings. The summed E-state index contributed by atoms with van der Waals surface area (Å²) in [6.45, 7) is 1.49. The van der Waals surface area contributed by atoms with Crippen molar-refractivity contribution in [3.8, 4) is 5.75 Å². The van der Waals surface area contributed by atoms with Crippen LogP contribution >= 0.6 is 15.9 Å². The first-order chi connectivity index (χ1) is 11.0. The third-order valence-electron chi connectivity index (χ3n) is 3.84. The van der Waals surface area contributed by atoms with Crippen LogP contribution in [-0.4, -0.2) is 33.0 Å². The molecule has 1 aliphatic rings. The van der Waals surface area contributed by atoms with Crippen LogP contribution in [0.5, 0.6) is 5.75 Å². The molecular weight excluding hydrogens is 378 g/mol. The smallest absolute Gasteiger partial charge is 0.153 e. The van der Waals surface area contributed by atoms with Crippen molar-refractivity contribution in [1.29, 1.82) is 0 Å². The van der Waals surface area contributed by atoms with Gasteiger partial charge in [0, 0.05) is 17.6 Å². The van der Waals surface area contributed by atoms with Crippen molar-refractivity contribution < 1.29 is 13.2 Å². The Morgan fingerprint density at radius 1 is 1.04 bits per heavy atom. The van der Waals surface area contributed by atoms with E-state index in [1.165, 1.54) is 0 Å². The first kappa shape index (κ1) is 16.3. The number of nitrogens with zero attached hydrogens (tertiary/aromatic N) is 1. The van der Waals surface area contributed by atoms with Gasteiger partial charge in [0.1, 0.15) is 12.4 Å². The summed E-state index contributed by atoms with van der Waals surface area (Å²) in [4.78, 5) is 2.08. The third-order valence-corrected chi connectivity index (χ3v) is 5.95. The van der Waals surface area contributed by atoms with E-state index >= 15 is 0 Å². The third kappa shape index (κ3) is 4.26. The van der Waals surface area contributed by atoms with Crippen molar-refractivity contribution in [3.63, 3.8) is 0 Å². The highest BCUT2D eigenvalue weighted by atomic mass is 79.9. The lowest BCUT2D eigenvalue weighted by molar-refractivity contribution is 0.306. The molecule has 0 N–H and O–H groups in total. The molecule has 0 amide bonds. The molecule has 6 heteroatoms. The number of rotatable bonds is 4. The zero-order chi connectivity index (χ0) is 16.3. The molecule has 2 aromatic carbocycles. The van der Waals surface area contributed by atoms with Gasteiger partial charge in [-0.05, 0) is 23.8 Å². The quantitative estimate of drug-likeness (QED) is 0.796. The van der Waals surface area contributed by atoms with Gasteiger partial charge in [-0.2, -0.15) is 0 Å². The highest BCUT2D eigenvalue weighted by molar-refractivity contribution is 9.10. The lowest BCUT2D eigenvalue weighted by atomic mass is 10.2. The Kier molecular flexibility index (Phi) is 4.92. The predicted octanol–water partition coefficient (Wildman–Crippen LogP) is 3.26. The molecule has 0 aromatic heterocycles. The summed E-state index contributed by atoms with van der Waals surface area (Å²) in [5.74, 6) is 1.16. The lowest BCUT2D eigenvalue weighted by Gasteiger charge is -2.30. The molecule has 0 atom stereocenters. The minimum atomic E-state index is -2.89. The topological polar surface area (TPSA) is 46.6 Å². The SMILES string of the molecule is O=S1(=O)CCN(c2ccc(Br)cc2OCc2ccccc2)CC1. The summed E-state index contributed by atoms with van der Waals surface area (Å²) in [6.07, 6.45) is 0. The fourth-order valence-electron chi connectivity index (χ4n) is 2.55. The molecule has 3 rings (SSSR count). The van der Waals surface area contributed by atoms with Crippen LogP contribution in [0.2, 0.25) is 0 Å². The zero-order valence-corrected chi connectivity index (χ0v) is 15.0. The van der Waals surface area contributed by atoms with E-state index < -0.39 is 9.84 Å². The average Bonchev–Trinajstić information content (AvgIpc) is 2.54. The van der Waals surface area contributed by atoms with Crippen molar-refractivity contribution in [2.24, 2.45) is 0 Å². The van der Waals surface area contributed by atoms with Crippen molar-refractivity contribution in [1.82, 2.24) is 0 Å². The zero-order valence-electron chi connectivity index (χ0n) is 12.6. The Hall–Kier alpha value is -1.53. The van der Waals surface area contributed by atoms with Crippen LogP contribution in [0, 0.1) is 0 Å². The monoisotopic (exact) mass is 395 g/mol. The van der Waals surface area contributed by atoms with Gasteiger partial charge < -0.3 is 9.64 Å². The Labute approximate surface area is 145 Å². The second-order valence-corrected chi connectivity index (χ2v) is 8.74. The van der Waals surface area contributed by atoms with E-state index in [2.05, 4.69) is 20.8 Å². The fraction of sp³-hybridized carbons (Fsp3) is 0.294. The Morgan fingerprint density at radius 2 is 1.74 bits per heavy atom. The second-order valence-electron chi connectivity index (χ2n) is 5.53. The van der Waals surface area contributed by atoms with Gasteiger partial charge >= 0.3 is 0 Å². The van der Waals surface area contributed by atoms with Crippen LogP contribution in [-0.2, 0) is 16.4 Å². The Balaban J connectivity index is 1.78. The molecule has 1 saturated heterocycles. The standard InChI is InChI=1S/C17H18BrNO3S/c18-15-6-7-16(19-8-10-23(20,21)11-9-19)17(12-15)22-13-14-4-2-1-3-5-14/h1-7,12H,8-11,13H2. The van der Waals surface area contributed by atoms with Gasteiger partial charge in [0.05, 0.1) is 17.2 Å². The first-order valence-electron chi connectivity index (χ1n) is 7.45. The molecule has 1 aliphatic heterocycles. The van der Waals surface area contributed by atoms with E-state index in [-0.39, 0.29) is 11.5 Å². The van der Waals surface area contributed by atoms with Crippen LogP contribution in [0.15, 0.2) is 53.0 Å². The molecule has 122 valence electrons. The van der Waals surface area contributed by atoms with Crippen LogP contribution in [0.3, 0.4) is 0 Å². The minimum Gasteiger partial charge on any atom is -0.487 e. The summed E-state index contributed by atoms with van der Waals surface area (Å²) in [7, 11) is -2.89. The summed E-state index contributed by atoms with van der Waals surface area (Å²) >= 11 is 3.47. The van der Waals surface area contributed by atoms with Gasteiger partial charge in [0.25, 0.3) is 0 Å². The second kappa shape index (κ2) is 6.93. The molecule has 1 heterocycles. The van der Waals surface area contributed by atoms with Gasteiger partial charge in [-0.3, -0.25) is 0 Å². The number of sulfone groups is 1. The van der Waals surface area contributed by atoms with Crippen molar-refractivity contribution in [2.45, 2.75) is 6.61 Å². The summed E-state index contributed by atoms with van der Waals surface area (Å²) < 4.78 is 30.2. The average molecular weight is 396 g/mol. The van der Waals surface area contributed by atoms with Gasteiger partial charge in [-0.1, -0.05) is 46.3 Å². The van der Waals surface area contributed by atoms with Crippen LogP contribution in [0.4, 0.5) is 5.69 Å². The van der Waals surface area contributed by atoms with Gasteiger partial charge in [0.2, 0.25) is 0 Å². The summed E-state index contributed by atoms with van der Waals surface area (Å²) in [5, 5.41) is 0. The molecule has 23 heavy (non-hydrogen) atoms. The van der Waals surface area contributed by atoms with Crippen LogP contribution < -0.4 is 9.64 Å². The molecular formula is C17H18BrNO3S. The normalized spacial score (nSPS) is 17.0. The molecule has 1 fully saturated rings. The van der Waals surface area contributed by atoms with E-state index in [1.807, 2.05) is 48.5 Å². The molecule has 0 unspecified atom stereocenters. The molecule has 0 spiro atoms. The fourth-order valence-corrected chi connectivity index (χ4v) is 4.09. The highest BCUT2D eigenvalue weighted by Gasteiger charge is 2.23. The Morgan fingerprint density at radius 3 is 2.43 bits per heavy atom. The van der Waals surface area contributed by atoms with E-state index in [0.717, 1.165) is 21.5 Å². The maximum Gasteiger partial charge on any atom is 0.153 e. The van der Waals surface area contributed by atoms with Gasteiger partial charge in [-0.15, -0.1) is 0 Å². The minimum absolute atomic E-state index is 0.196. The van der Waals surface area contributed by atoms with Gasteiger partial charge in [-0.25, -0.2) is 8.42 Å². The van der Waals surface area contributed by atoms with E-state index in [0.29, 0.717) is 19.7 Å². The Bertz CT molecular complexity index is 764. The summed E-state index contributed by atoms with van der Waals surface area (Å²) in [6, 6.07) is 15.8. The van der Waals surface area contributed by atoms with E-state index in [9.17, 15) is 8.42 Å². The molecule has 0 aliphatic carbocycles. The first-order valence-corrected chi connectivity index (χ1v) is 10.1. The summed E-state index contributed by atoms with van der Waals surface area (Å²) in [5.41, 5.74) is 2.04. The maximum atomic E-state index is 11.6. The van der Waals surface area contributed by atoms with Crippen LogP contribution in [0.1, 0.15) is 5.56 Å². The van der Waals surface area contributed by atoms with Crippen LogP contribution in [0.25, 0.3) is 0 Å². The largest absolute Gasteiger partial charge is 0.487 e.